The maximum absolute atomic E-state index is 12.6. The van der Waals surface area contributed by atoms with Gasteiger partial charge in [-0.05, 0) is 43.5 Å². The van der Waals surface area contributed by atoms with E-state index in [0.29, 0.717) is 18.5 Å². The second-order valence-electron chi connectivity index (χ2n) is 6.71. The van der Waals surface area contributed by atoms with Crippen LogP contribution in [-0.4, -0.2) is 27.0 Å². The minimum absolute atomic E-state index is 0.192. The molecule has 0 spiro atoms. The van der Waals surface area contributed by atoms with Gasteiger partial charge in [-0.2, -0.15) is 0 Å². The molecule has 3 aromatic rings. The van der Waals surface area contributed by atoms with Crippen LogP contribution in [0.25, 0.3) is 10.6 Å². The zero-order valence-corrected chi connectivity index (χ0v) is 15.8. The van der Waals surface area contributed by atoms with E-state index in [1.807, 2.05) is 23.6 Å². The van der Waals surface area contributed by atoms with Crippen LogP contribution in [0.2, 0.25) is 0 Å². The molecule has 1 fully saturated rings. The molecule has 0 bridgehead atoms. The molecule has 0 atom stereocenters. The lowest BCUT2D eigenvalue weighted by atomic mass is 10.1. The van der Waals surface area contributed by atoms with Gasteiger partial charge >= 0.3 is 0 Å². The Bertz CT molecular complexity index is 1020. The minimum Gasteiger partial charge on any atom is -0.351 e. The highest BCUT2D eigenvalue weighted by Gasteiger charge is 2.26. The lowest BCUT2D eigenvalue weighted by Gasteiger charge is -2.10. The number of aryl methyl sites for hydroxylation is 1. The van der Waals surface area contributed by atoms with Crippen molar-refractivity contribution in [1.29, 1.82) is 0 Å². The van der Waals surface area contributed by atoms with Crippen LogP contribution in [0.4, 0.5) is 0 Å². The number of rotatable bonds is 6. The Labute approximate surface area is 160 Å². The van der Waals surface area contributed by atoms with Crippen LogP contribution in [0.5, 0.6) is 0 Å². The molecule has 0 aliphatic heterocycles. The summed E-state index contributed by atoms with van der Waals surface area (Å²) in [5, 5.41) is 5.77. The summed E-state index contributed by atoms with van der Waals surface area (Å²) in [6, 6.07) is 5.95. The summed E-state index contributed by atoms with van der Waals surface area (Å²) in [4.78, 5) is 33.8. The molecule has 1 amide bonds. The molecule has 1 N–H and O–H groups in total. The van der Waals surface area contributed by atoms with E-state index >= 15 is 0 Å². The molecule has 138 valence electrons. The fraction of sp³-hybridized carbons (Fsp3) is 0.300. The predicted molar refractivity (Wildman–Crippen MR) is 105 cm³/mol. The highest BCUT2D eigenvalue weighted by atomic mass is 32.1. The van der Waals surface area contributed by atoms with Gasteiger partial charge in [-0.25, -0.2) is 4.98 Å². The first-order valence-corrected chi connectivity index (χ1v) is 9.86. The van der Waals surface area contributed by atoms with Gasteiger partial charge in [0.05, 0.1) is 5.69 Å². The van der Waals surface area contributed by atoms with Gasteiger partial charge in [0.1, 0.15) is 10.6 Å². The summed E-state index contributed by atoms with van der Waals surface area (Å²) in [7, 11) is 0. The van der Waals surface area contributed by atoms with Crippen molar-refractivity contribution in [2.75, 3.05) is 6.54 Å². The van der Waals surface area contributed by atoms with Crippen LogP contribution in [-0.2, 0) is 6.42 Å². The van der Waals surface area contributed by atoms with E-state index in [1.165, 1.54) is 0 Å². The van der Waals surface area contributed by atoms with Crippen molar-refractivity contribution in [2.24, 2.45) is 0 Å². The molecule has 6 nitrogen and oxygen atoms in total. The number of hydrogen-bond acceptors (Lipinski definition) is 5. The lowest BCUT2D eigenvalue weighted by molar-refractivity contribution is 0.0951. The maximum atomic E-state index is 12.6. The Kier molecular flexibility index (Phi) is 4.85. The van der Waals surface area contributed by atoms with E-state index in [0.717, 1.165) is 29.1 Å². The smallest absolute Gasteiger partial charge is 0.263 e. The Hall–Kier alpha value is -2.80. The van der Waals surface area contributed by atoms with Crippen LogP contribution in [0, 0.1) is 6.92 Å². The average Bonchev–Trinajstić information content (AvgIpc) is 3.40. The third kappa shape index (κ3) is 3.83. The number of thiazole rings is 1. The Morgan fingerprint density at radius 3 is 2.96 bits per heavy atom. The molecule has 1 aliphatic rings. The fourth-order valence-corrected chi connectivity index (χ4v) is 3.84. The molecule has 7 heteroatoms. The van der Waals surface area contributed by atoms with Gasteiger partial charge in [-0.15, -0.1) is 11.3 Å². The summed E-state index contributed by atoms with van der Waals surface area (Å²) in [5.41, 5.74) is 2.67. The normalized spacial score (nSPS) is 13.5. The van der Waals surface area contributed by atoms with Crippen molar-refractivity contribution in [1.82, 2.24) is 19.9 Å². The summed E-state index contributed by atoms with van der Waals surface area (Å²) in [6.07, 6.45) is 7.94. The summed E-state index contributed by atoms with van der Waals surface area (Å²) >= 11 is 1.56. The van der Waals surface area contributed by atoms with Crippen molar-refractivity contribution in [2.45, 2.75) is 32.2 Å². The Morgan fingerprint density at radius 2 is 2.22 bits per heavy atom. The molecular weight excluding hydrogens is 360 g/mol. The molecule has 1 saturated carbocycles. The highest BCUT2D eigenvalue weighted by Crippen LogP contribution is 2.33. The quantitative estimate of drug-likeness (QED) is 0.713. The SMILES string of the molecule is Cc1ccn(C2CC2)c(=O)c1C(=O)NCCc1csc(-c2cccnc2)n1. The number of amides is 1. The second kappa shape index (κ2) is 7.44. The van der Waals surface area contributed by atoms with Gasteiger partial charge in [0.15, 0.2) is 0 Å². The standard InChI is InChI=1S/C20H20N4O2S/c1-13-7-10-24(16-4-5-16)20(26)17(13)18(25)22-9-6-15-12-27-19(23-15)14-3-2-8-21-11-14/h2-3,7-8,10-12,16H,4-6,9H2,1H3,(H,22,25). The highest BCUT2D eigenvalue weighted by molar-refractivity contribution is 7.13. The fourth-order valence-electron chi connectivity index (χ4n) is 2.99. The molecule has 3 aromatic heterocycles. The van der Waals surface area contributed by atoms with E-state index in [1.54, 1.807) is 41.4 Å². The monoisotopic (exact) mass is 380 g/mol. The lowest BCUT2D eigenvalue weighted by Crippen LogP contribution is -2.34. The first kappa shape index (κ1) is 17.6. The third-order valence-corrected chi connectivity index (χ3v) is 5.56. The van der Waals surface area contributed by atoms with Crippen molar-refractivity contribution in [3.63, 3.8) is 0 Å². The van der Waals surface area contributed by atoms with Crippen molar-refractivity contribution >= 4 is 17.2 Å². The van der Waals surface area contributed by atoms with Gasteiger partial charge < -0.3 is 9.88 Å². The number of nitrogens with one attached hydrogen (secondary N) is 1. The number of aromatic nitrogens is 3. The molecule has 1 aliphatic carbocycles. The van der Waals surface area contributed by atoms with Crippen LogP contribution < -0.4 is 10.9 Å². The number of hydrogen-bond donors (Lipinski definition) is 1. The molecule has 4 rings (SSSR count). The van der Waals surface area contributed by atoms with Crippen molar-refractivity contribution in [3.8, 4) is 10.6 Å². The van der Waals surface area contributed by atoms with E-state index in [9.17, 15) is 9.59 Å². The van der Waals surface area contributed by atoms with E-state index in [2.05, 4.69) is 15.3 Å². The molecule has 0 aromatic carbocycles. The van der Waals surface area contributed by atoms with E-state index in [4.69, 9.17) is 0 Å². The summed E-state index contributed by atoms with van der Waals surface area (Å²) in [6.45, 7) is 2.24. The van der Waals surface area contributed by atoms with Gasteiger partial charge in [0.25, 0.3) is 11.5 Å². The van der Waals surface area contributed by atoms with Crippen molar-refractivity contribution in [3.05, 3.63) is 69.3 Å². The minimum atomic E-state index is -0.310. The molecule has 0 radical (unpaired) electrons. The molecule has 27 heavy (non-hydrogen) atoms. The van der Waals surface area contributed by atoms with Crippen LogP contribution >= 0.6 is 11.3 Å². The molecule has 0 saturated heterocycles. The first-order chi connectivity index (χ1) is 13.1. The largest absolute Gasteiger partial charge is 0.351 e. The van der Waals surface area contributed by atoms with Crippen LogP contribution in [0.1, 0.15) is 40.5 Å². The topological polar surface area (TPSA) is 76.9 Å². The second-order valence-corrected chi connectivity index (χ2v) is 7.57. The van der Waals surface area contributed by atoms with E-state index < -0.39 is 0 Å². The van der Waals surface area contributed by atoms with Gasteiger partial charge in [0, 0.05) is 48.5 Å². The number of nitrogens with zero attached hydrogens (tertiary/aromatic N) is 3. The molecule has 3 heterocycles. The average molecular weight is 380 g/mol. The zero-order valence-electron chi connectivity index (χ0n) is 15.0. The number of carbonyl (C=O) groups excluding carboxylic acids is 1. The van der Waals surface area contributed by atoms with E-state index in [-0.39, 0.29) is 23.1 Å². The van der Waals surface area contributed by atoms with Crippen molar-refractivity contribution < 1.29 is 4.79 Å². The Balaban J connectivity index is 1.40. The number of carbonyl (C=O) groups is 1. The third-order valence-electron chi connectivity index (χ3n) is 4.62. The summed E-state index contributed by atoms with van der Waals surface area (Å²) < 4.78 is 1.68. The van der Waals surface area contributed by atoms with Crippen LogP contribution in [0.15, 0.2) is 47.0 Å². The van der Waals surface area contributed by atoms with Gasteiger partial charge in [-0.1, -0.05) is 0 Å². The predicted octanol–water partition coefficient (Wildman–Crippen LogP) is 2.98. The zero-order chi connectivity index (χ0) is 18.8. The van der Waals surface area contributed by atoms with Gasteiger partial charge in [0.2, 0.25) is 0 Å². The summed E-state index contributed by atoms with van der Waals surface area (Å²) in [5.74, 6) is -0.310. The molecule has 0 unspecified atom stereocenters. The van der Waals surface area contributed by atoms with Crippen LogP contribution in [0.3, 0.4) is 0 Å². The first-order valence-electron chi connectivity index (χ1n) is 8.98. The maximum Gasteiger partial charge on any atom is 0.263 e. The Morgan fingerprint density at radius 1 is 1.37 bits per heavy atom. The molecular formula is C20H20N4O2S. The number of pyridine rings is 2. The van der Waals surface area contributed by atoms with Gasteiger partial charge in [-0.3, -0.25) is 14.6 Å².